The normalized spacial score (nSPS) is 16.6. The van der Waals surface area contributed by atoms with Gasteiger partial charge in [0.15, 0.2) is 0 Å². The van der Waals surface area contributed by atoms with Crippen LogP contribution in [0.3, 0.4) is 0 Å². The summed E-state index contributed by atoms with van der Waals surface area (Å²) in [5.74, 6) is 3.20. The quantitative estimate of drug-likeness (QED) is 0.873. The van der Waals surface area contributed by atoms with E-state index in [1.165, 1.54) is 0 Å². The number of nitrogens with zero attached hydrogens (tertiary/aromatic N) is 1. The number of ether oxygens (including phenoxy) is 2. The molecule has 6 heteroatoms. The van der Waals surface area contributed by atoms with Crippen molar-refractivity contribution in [2.45, 2.75) is 19.1 Å². The molecule has 1 aromatic carbocycles. The van der Waals surface area contributed by atoms with Crippen LogP contribution in [0.5, 0.6) is 11.6 Å². The molecule has 3 rings (SSSR count). The fourth-order valence-corrected chi connectivity index (χ4v) is 3.61. The van der Waals surface area contributed by atoms with E-state index >= 15 is 0 Å². The summed E-state index contributed by atoms with van der Waals surface area (Å²) in [6.45, 7) is 0.403. The summed E-state index contributed by atoms with van der Waals surface area (Å²) in [4.78, 5) is 16.6. The van der Waals surface area contributed by atoms with E-state index in [1.54, 1.807) is 25.4 Å². The summed E-state index contributed by atoms with van der Waals surface area (Å²) in [5, 5.41) is 2.90. The minimum absolute atomic E-state index is 0.158. The van der Waals surface area contributed by atoms with Gasteiger partial charge in [0.1, 0.15) is 11.9 Å². The Morgan fingerprint density at radius 1 is 1.38 bits per heavy atom. The third-order valence-electron chi connectivity index (χ3n) is 3.80. The zero-order valence-electron chi connectivity index (χ0n) is 13.5. The van der Waals surface area contributed by atoms with Crippen molar-refractivity contribution < 1.29 is 14.3 Å². The predicted octanol–water partition coefficient (Wildman–Crippen LogP) is 2.90. The molecule has 1 amide bonds. The van der Waals surface area contributed by atoms with Gasteiger partial charge < -0.3 is 14.8 Å². The molecule has 1 aliphatic rings. The molecule has 1 aromatic heterocycles. The Kier molecular flexibility index (Phi) is 5.59. The maximum atomic E-state index is 12.4. The minimum Gasteiger partial charge on any atom is -0.496 e. The summed E-state index contributed by atoms with van der Waals surface area (Å²) in [5.41, 5.74) is 1.47. The number of hydrogen-bond acceptors (Lipinski definition) is 5. The highest BCUT2D eigenvalue weighted by molar-refractivity contribution is 7.99. The molecular weight excluding hydrogens is 324 g/mol. The van der Waals surface area contributed by atoms with E-state index in [-0.39, 0.29) is 12.0 Å². The zero-order valence-corrected chi connectivity index (χ0v) is 14.3. The van der Waals surface area contributed by atoms with Crippen LogP contribution in [0.1, 0.15) is 22.3 Å². The average molecular weight is 344 g/mol. The number of carbonyl (C=O) groups excluding carboxylic acids is 1. The van der Waals surface area contributed by atoms with Crippen molar-refractivity contribution in [3.8, 4) is 11.6 Å². The third kappa shape index (κ3) is 4.20. The van der Waals surface area contributed by atoms with Gasteiger partial charge in [0, 0.05) is 35.7 Å². The second-order valence-electron chi connectivity index (χ2n) is 5.48. The van der Waals surface area contributed by atoms with Gasteiger partial charge in [-0.25, -0.2) is 4.98 Å². The molecule has 2 heterocycles. The Morgan fingerprint density at radius 2 is 2.25 bits per heavy atom. The molecule has 1 saturated heterocycles. The van der Waals surface area contributed by atoms with Crippen molar-refractivity contribution >= 4 is 17.7 Å². The summed E-state index contributed by atoms with van der Waals surface area (Å²) in [6.07, 6.45) is 2.82. The van der Waals surface area contributed by atoms with Gasteiger partial charge in [-0.3, -0.25) is 4.79 Å². The zero-order chi connectivity index (χ0) is 16.8. The maximum Gasteiger partial charge on any atom is 0.251 e. The van der Waals surface area contributed by atoms with Crippen molar-refractivity contribution in [1.82, 2.24) is 10.3 Å². The predicted molar refractivity (Wildman–Crippen MR) is 94.8 cm³/mol. The van der Waals surface area contributed by atoms with Gasteiger partial charge in [-0.2, -0.15) is 11.8 Å². The average Bonchev–Trinajstić information content (AvgIpc) is 3.13. The van der Waals surface area contributed by atoms with Crippen LogP contribution in [0.25, 0.3) is 0 Å². The number of hydrogen-bond donors (Lipinski definition) is 1. The largest absolute Gasteiger partial charge is 0.496 e. The third-order valence-corrected chi connectivity index (χ3v) is 4.94. The lowest BCUT2D eigenvalue weighted by Gasteiger charge is -2.12. The van der Waals surface area contributed by atoms with E-state index in [1.807, 2.05) is 36.0 Å². The SMILES string of the molecule is COc1ccccc1CNC(=O)c1ccnc(O[C@H]2CCSC2)c1. The number of amides is 1. The molecule has 0 radical (unpaired) electrons. The summed E-state index contributed by atoms with van der Waals surface area (Å²) in [7, 11) is 1.62. The van der Waals surface area contributed by atoms with Crippen molar-refractivity contribution in [3.63, 3.8) is 0 Å². The molecule has 24 heavy (non-hydrogen) atoms. The second kappa shape index (κ2) is 8.06. The molecule has 1 fully saturated rings. The molecule has 1 N–H and O–H groups in total. The van der Waals surface area contributed by atoms with Crippen LogP contribution < -0.4 is 14.8 Å². The van der Waals surface area contributed by atoms with Gasteiger partial charge in [0.05, 0.1) is 7.11 Å². The van der Waals surface area contributed by atoms with Gasteiger partial charge in [0.25, 0.3) is 5.91 Å². The molecule has 1 aliphatic heterocycles. The fraction of sp³-hybridized carbons (Fsp3) is 0.333. The molecule has 1 atom stereocenters. The van der Waals surface area contributed by atoms with Gasteiger partial charge in [0.2, 0.25) is 5.88 Å². The molecule has 0 unspecified atom stereocenters. The lowest BCUT2D eigenvalue weighted by Crippen LogP contribution is -2.23. The monoisotopic (exact) mass is 344 g/mol. The van der Waals surface area contributed by atoms with Crippen LogP contribution >= 0.6 is 11.8 Å². The molecule has 126 valence electrons. The van der Waals surface area contributed by atoms with Crippen LogP contribution in [0.4, 0.5) is 0 Å². The maximum absolute atomic E-state index is 12.4. The smallest absolute Gasteiger partial charge is 0.251 e. The lowest BCUT2D eigenvalue weighted by atomic mass is 10.2. The molecule has 0 aliphatic carbocycles. The van der Waals surface area contributed by atoms with Gasteiger partial charge in [-0.15, -0.1) is 0 Å². The molecule has 2 aromatic rings. The number of nitrogens with one attached hydrogen (secondary N) is 1. The van der Waals surface area contributed by atoms with Crippen LogP contribution in [-0.2, 0) is 6.54 Å². The number of pyridine rings is 1. The minimum atomic E-state index is -0.158. The van der Waals surface area contributed by atoms with Crippen molar-refractivity contribution in [2.75, 3.05) is 18.6 Å². The van der Waals surface area contributed by atoms with E-state index < -0.39 is 0 Å². The Balaban J connectivity index is 1.62. The van der Waals surface area contributed by atoms with Crippen LogP contribution in [0.15, 0.2) is 42.6 Å². The molecule has 0 bridgehead atoms. The van der Waals surface area contributed by atoms with Crippen LogP contribution in [-0.4, -0.2) is 35.6 Å². The Labute approximate surface area is 145 Å². The highest BCUT2D eigenvalue weighted by Crippen LogP contribution is 2.22. The highest BCUT2D eigenvalue weighted by Gasteiger charge is 2.18. The standard InChI is InChI=1S/C18H20N2O3S/c1-22-16-5-3-2-4-14(16)11-20-18(21)13-6-8-19-17(10-13)23-15-7-9-24-12-15/h2-6,8,10,15H,7,9,11-12H2,1H3,(H,20,21)/t15-/m0/s1. The molecule has 0 saturated carbocycles. The van der Waals surface area contributed by atoms with Crippen LogP contribution in [0.2, 0.25) is 0 Å². The number of thioether (sulfide) groups is 1. The van der Waals surface area contributed by atoms with E-state index in [4.69, 9.17) is 9.47 Å². The first-order valence-electron chi connectivity index (χ1n) is 7.87. The van der Waals surface area contributed by atoms with Gasteiger partial charge in [-0.1, -0.05) is 18.2 Å². The lowest BCUT2D eigenvalue weighted by molar-refractivity contribution is 0.0949. The van der Waals surface area contributed by atoms with E-state index in [0.29, 0.717) is 18.0 Å². The molecule has 0 spiro atoms. The number of methoxy groups -OCH3 is 1. The van der Waals surface area contributed by atoms with Crippen molar-refractivity contribution in [1.29, 1.82) is 0 Å². The van der Waals surface area contributed by atoms with Crippen LogP contribution in [0, 0.1) is 0 Å². The fourth-order valence-electron chi connectivity index (χ4n) is 2.52. The summed E-state index contributed by atoms with van der Waals surface area (Å²) < 4.78 is 11.1. The summed E-state index contributed by atoms with van der Waals surface area (Å²) >= 11 is 1.88. The first-order valence-corrected chi connectivity index (χ1v) is 9.02. The Hall–Kier alpha value is -2.21. The number of aromatic nitrogens is 1. The number of rotatable bonds is 6. The Morgan fingerprint density at radius 3 is 3.04 bits per heavy atom. The van der Waals surface area contributed by atoms with Gasteiger partial charge >= 0.3 is 0 Å². The number of benzene rings is 1. The van der Waals surface area contributed by atoms with E-state index in [0.717, 1.165) is 29.2 Å². The second-order valence-corrected chi connectivity index (χ2v) is 6.63. The number of para-hydroxylation sites is 1. The topological polar surface area (TPSA) is 60.5 Å². The molecular formula is C18H20N2O3S. The van der Waals surface area contributed by atoms with Crippen molar-refractivity contribution in [2.24, 2.45) is 0 Å². The van der Waals surface area contributed by atoms with Crippen molar-refractivity contribution in [3.05, 3.63) is 53.7 Å². The van der Waals surface area contributed by atoms with Gasteiger partial charge in [-0.05, 0) is 24.3 Å². The first kappa shape index (κ1) is 16.6. The van der Waals surface area contributed by atoms with E-state index in [9.17, 15) is 4.79 Å². The Bertz CT molecular complexity index is 702. The summed E-state index contributed by atoms with van der Waals surface area (Å²) in [6, 6.07) is 11.0. The number of carbonyl (C=O) groups is 1. The highest BCUT2D eigenvalue weighted by atomic mass is 32.2. The van der Waals surface area contributed by atoms with E-state index in [2.05, 4.69) is 10.3 Å². The first-order chi connectivity index (χ1) is 11.8. The molecule has 5 nitrogen and oxygen atoms in total.